The van der Waals surface area contributed by atoms with Crippen LogP contribution in [0.15, 0.2) is 67.3 Å². The maximum Gasteiger partial charge on any atom is 0.317 e. The van der Waals surface area contributed by atoms with Crippen molar-refractivity contribution in [1.82, 2.24) is 10.2 Å². The third-order valence-electron chi connectivity index (χ3n) is 3.79. The summed E-state index contributed by atoms with van der Waals surface area (Å²) in [7, 11) is 0. The van der Waals surface area contributed by atoms with Crippen LogP contribution in [0.4, 0.5) is 4.79 Å². The van der Waals surface area contributed by atoms with Gasteiger partial charge in [0.05, 0.1) is 0 Å². The van der Waals surface area contributed by atoms with Crippen molar-refractivity contribution in [2.75, 3.05) is 19.7 Å². The second-order valence-electron chi connectivity index (χ2n) is 5.77. The largest absolute Gasteiger partial charge is 0.481 e. The summed E-state index contributed by atoms with van der Waals surface area (Å²) in [5.41, 5.74) is 2.21. The van der Waals surface area contributed by atoms with Crippen molar-refractivity contribution in [2.45, 2.75) is 13.0 Å². The molecule has 0 bridgehead atoms. The van der Waals surface area contributed by atoms with E-state index >= 15 is 0 Å². The van der Waals surface area contributed by atoms with E-state index in [0.29, 0.717) is 19.6 Å². The fourth-order valence-electron chi connectivity index (χ4n) is 2.48. The van der Waals surface area contributed by atoms with Crippen LogP contribution < -0.4 is 10.1 Å². The van der Waals surface area contributed by atoms with E-state index in [1.165, 1.54) is 0 Å². The number of nitrogens with zero attached hydrogens (tertiary/aromatic N) is 1. The van der Waals surface area contributed by atoms with Crippen LogP contribution in [-0.4, -0.2) is 30.6 Å². The molecule has 0 atom stereocenters. The topological polar surface area (TPSA) is 41.6 Å². The predicted molar refractivity (Wildman–Crippen MR) is 105 cm³/mol. The Labute approximate surface area is 155 Å². The molecule has 2 aromatic carbocycles. The van der Waals surface area contributed by atoms with E-state index in [4.69, 9.17) is 11.2 Å². The molecule has 0 spiro atoms. The lowest BCUT2D eigenvalue weighted by atomic mass is 10.1. The van der Waals surface area contributed by atoms with Gasteiger partial charge in [0.15, 0.2) is 0 Å². The zero-order valence-corrected chi connectivity index (χ0v) is 14.9. The van der Waals surface area contributed by atoms with E-state index in [1.54, 1.807) is 11.0 Å². The second kappa shape index (κ2) is 10.6. The molecule has 0 unspecified atom stereocenters. The highest BCUT2D eigenvalue weighted by atomic mass is 16.5. The first-order valence-electron chi connectivity index (χ1n) is 8.55. The molecule has 4 heteroatoms. The van der Waals surface area contributed by atoms with Gasteiger partial charge in [0.1, 0.15) is 12.4 Å². The summed E-state index contributed by atoms with van der Waals surface area (Å²) in [6.45, 7) is 5.61. The molecule has 134 valence electrons. The maximum atomic E-state index is 12.4. The summed E-state index contributed by atoms with van der Waals surface area (Å²) in [4.78, 5) is 14.2. The van der Waals surface area contributed by atoms with Crippen molar-refractivity contribution in [3.8, 4) is 18.1 Å². The molecule has 0 heterocycles. The van der Waals surface area contributed by atoms with E-state index in [2.05, 4.69) is 17.8 Å². The molecule has 0 aromatic heterocycles. The number of rotatable bonds is 9. The quantitative estimate of drug-likeness (QED) is 0.555. The summed E-state index contributed by atoms with van der Waals surface area (Å²) >= 11 is 0. The molecule has 2 rings (SSSR count). The summed E-state index contributed by atoms with van der Waals surface area (Å²) < 4.78 is 5.35. The van der Waals surface area contributed by atoms with Gasteiger partial charge in [0, 0.05) is 19.6 Å². The van der Waals surface area contributed by atoms with Crippen LogP contribution in [0.25, 0.3) is 0 Å². The molecule has 0 aliphatic rings. The Hall–Kier alpha value is -3.19. The Morgan fingerprint density at radius 1 is 1.15 bits per heavy atom. The predicted octanol–water partition coefficient (Wildman–Crippen LogP) is 3.64. The molecule has 4 nitrogen and oxygen atoms in total. The molecule has 0 fully saturated rings. The van der Waals surface area contributed by atoms with Gasteiger partial charge in [0.25, 0.3) is 0 Å². The number of amides is 2. The monoisotopic (exact) mass is 348 g/mol. The van der Waals surface area contributed by atoms with Gasteiger partial charge in [-0.25, -0.2) is 4.79 Å². The highest BCUT2D eigenvalue weighted by molar-refractivity contribution is 5.74. The highest BCUT2D eigenvalue weighted by Gasteiger charge is 2.11. The highest BCUT2D eigenvalue weighted by Crippen LogP contribution is 2.12. The minimum Gasteiger partial charge on any atom is -0.481 e. The van der Waals surface area contributed by atoms with Crippen molar-refractivity contribution >= 4 is 6.03 Å². The van der Waals surface area contributed by atoms with Crippen LogP contribution in [0, 0.1) is 12.3 Å². The minimum absolute atomic E-state index is 0.0947. The standard InChI is InChI=1S/C22H24N2O2/c1-3-16-24(18-20-8-6-5-7-9-20)22(25)23-15-14-19-10-12-21(13-11-19)26-17-4-2/h2-3,5-13H,1,14-18H2,(H,23,25). The van der Waals surface area contributed by atoms with E-state index in [0.717, 1.165) is 23.3 Å². The molecule has 2 aromatic rings. The van der Waals surface area contributed by atoms with Gasteiger partial charge in [0.2, 0.25) is 0 Å². The molecule has 26 heavy (non-hydrogen) atoms. The number of urea groups is 1. The molecule has 0 radical (unpaired) electrons. The fourth-order valence-corrected chi connectivity index (χ4v) is 2.48. The van der Waals surface area contributed by atoms with E-state index < -0.39 is 0 Å². The van der Waals surface area contributed by atoms with Gasteiger partial charge in [-0.2, -0.15) is 0 Å². The van der Waals surface area contributed by atoms with Crippen LogP contribution in [-0.2, 0) is 13.0 Å². The molecule has 0 saturated heterocycles. The Kier molecular flexibility index (Phi) is 7.82. The molecule has 0 saturated carbocycles. The number of hydrogen-bond donors (Lipinski definition) is 1. The fraction of sp³-hybridized carbons (Fsp3) is 0.227. The van der Waals surface area contributed by atoms with Crippen LogP contribution in [0.5, 0.6) is 5.75 Å². The number of ether oxygens (including phenoxy) is 1. The third kappa shape index (κ3) is 6.37. The van der Waals surface area contributed by atoms with Crippen molar-refractivity contribution in [3.63, 3.8) is 0 Å². The van der Waals surface area contributed by atoms with Crippen LogP contribution in [0.3, 0.4) is 0 Å². The summed E-state index contributed by atoms with van der Waals surface area (Å²) in [5, 5.41) is 2.97. The number of carbonyl (C=O) groups is 1. The zero-order valence-electron chi connectivity index (χ0n) is 14.9. The molecule has 1 N–H and O–H groups in total. The van der Waals surface area contributed by atoms with Crippen molar-refractivity contribution in [1.29, 1.82) is 0 Å². The molecule has 0 aliphatic heterocycles. The summed E-state index contributed by atoms with van der Waals surface area (Å²) in [6.07, 6.45) is 7.65. The lowest BCUT2D eigenvalue weighted by Gasteiger charge is -2.21. The molecular weight excluding hydrogens is 324 g/mol. The van der Waals surface area contributed by atoms with Gasteiger partial charge in [-0.15, -0.1) is 13.0 Å². The molecular formula is C22H24N2O2. The summed E-state index contributed by atoms with van der Waals surface area (Å²) in [6, 6.07) is 17.5. The van der Waals surface area contributed by atoms with Gasteiger partial charge in [-0.1, -0.05) is 54.5 Å². The average molecular weight is 348 g/mol. The Bertz CT molecular complexity index is 733. The SMILES string of the molecule is C#CCOc1ccc(CCNC(=O)N(CC=C)Cc2ccccc2)cc1. The van der Waals surface area contributed by atoms with Gasteiger partial charge in [-0.05, 0) is 29.7 Å². The van der Waals surface area contributed by atoms with Crippen LogP contribution in [0.2, 0.25) is 0 Å². The summed E-state index contributed by atoms with van der Waals surface area (Å²) in [5.74, 6) is 3.18. The smallest absolute Gasteiger partial charge is 0.317 e. The third-order valence-corrected chi connectivity index (χ3v) is 3.79. The number of carbonyl (C=O) groups excluding carboxylic acids is 1. The number of hydrogen-bond acceptors (Lipinski definition) is 2. The normalized spacial score (nSPS) is 9.81. The van der Waals surface area contributed by atoms with Gasteiger partial charge >= 0.3 is 6.03 Å². The Morgan fingerprint density at radius 2 is 1.88 bits per heavy atom. The first-order valence-corrected chi connectivity index (χ1v) is 8.55. The number of nitrogens with one attached hydrogen (secondary N) is 1. The average Bonchev–Trinajstić information content (AvgIpc) is 2.68. The van der Waals surface area contributed by atoms with E-state index in [9.17, 15) is 4.79 Å². The number of terminal acetylenes is 1. The first-order chi connectivity index (χ1) is 12.7. The van der Waals surface area contributed by atoms with Crippen molar-refractivity contribution < 1.29 is 9.53 Å². The van der Waals surface area contributed by atoms with Crippen molar-refractivity contribution in [2.24, 2.45) is 0 Å². The van der Waals surface area contributed by atoms with Crippen LogP contribution in [0.1, 0.15) is 11.1 Å². The van der Waals surface area contributed by atoms with Gasteiger partial charge < -0.3 is 15.0 Å². The lowest BCUT2D eigenvalue weighted by molar-refractivity contribution is 0.201. The van der Waals surface area contributed by atoms with E-state index in [1.807, 2.05) is 54.6 Å². The van der Waals surface area contributed by atoms with E-state index in [-0.39, 0.29) is 12.6 Å². The zero-order chi connectivity index (χ0) is 18.6. The number of benzene rings is 2. The van der Waals surface area contributed by atoms with Crippen LogP contribution >= 0.6 is 0 Å². The lowest BCUT2D eigenvalue weighted by Crippen LogP contribution is -2.40. The Morgan fingerprint density at radius 3 is 2.54 bits per heavy atom. The maximum absolute atomic E-state index is 12.4. The Balaban J connectivity index is 1.81. The first kappa shape index (κ1) is 19.1. The molecule has 0 aliphatic carbocycles. The second-order valence-corrected chi connectivity index (χ2v) is 5.77. The minimum atomic E-state index is -0.0947. The van der Waals surface area contributed by atoms with Crippen molar-refractivity contribution in [3.05, 3.63) is 78.4 Å². The van der Waals surface area contributed by atoms with Gasteiger partial charge in [-0.3, -0.25) is 0 Å². The molecule has 2 amide bonds.